The number of rotatable bonds is 3. The summed E-state index contributed by atoms with van der Waals surface area (Å²) < 4.78 is 0. The molecule has 5 aromatic rings. The molecule has 6 atom stereocenters. The van der Waals surface area contributed by atoms with Crippen molar-refractivity contribution in [2.45, 2.75) is 102 Å². The summed E-state index contributed by atoms with van der Waals surface area (Å²) in [6.45, 7) is 14.7. The highest BCUT2D eigenvalue weighted by atomic mass is 15.1. The molecule has 0 heterocycles. The number of benzene rings is 5. The molecule has 7 aliphatic carbocycles. The minimum atomic E-state index is -0.0537. The van der Waals surface area contributed by atoms with Crippen LogP contribution in [0, 0.1) is 29.1 Å². The molecule has 2 spiro atoms. The smallest absolute Gasteiger partial charge is 0.0543 e. The van der Waals surface area contributed by atoms with Gasteiger partial charge in [-0.25, -0.2) is 0 Å². The molecule has 0 amide bonds. The molecule has 0 aromatic heterocycles. The van der Waals surface area contributed by atoms with Gasteiger partial charge in [0.1, 0.15) is 0 Å². The van der Waals surface area contributed by atoms with Crippen LogP contribution in [0.5, 0.6) is 0 Å². The monoisotopic (exact) mass is 677 g/mol. The molecule has 0 aliphatic heterocycles. The SMILES string of the molecule is CC1(C)CCC(C)(C)c2cc(N(c3ccc4c(c3)C3(c5ccccc5-4)C4CC5CC6CC3C64C5)c3cccc4c3-c3ccccc3C4(C)C)ccc21. The van der Waals surface area contributed by atoms with Crippen molar-refractivity contribution < 1.29 is 0 Å². The Morgan fingerprint density at radius 1 is 0.519 bits per heavy atom. The molecular weight excluding hydrogens is 627 g/mol. The van der Waals surface area contributed by atoms with Crippen molar-refractivity contribution >= 4 is 17.1 Å². The van der Waals surface area contributed by atoms with Gasteiger partial charge in [-0.05, 0) is 159 Å². The van der Waals surface area contributed by atoms with Gasteiger partial charge in [0.2, 0.25) is 0 Å². The third kappa shape index (κ3) is 3.28. The molecule has 12 rings (SSSR count). The van der Waals surface area contributed by atoms with Gasteiger partial charge in [-0.3, -0.25) is 0 Å². The molecule has 0 radical (unpaired) electrons. The number of anilines is 3. The minimum absolute atomic E-state index is 0.0537. The van der Waals surface area contributed by atoms with E-state index in [4.69, 9.17) is 0 Å². The molecule has 260 valence electrons. The summed E-state index contributed by atoms with van der Waals surface area (Å²) in [4.78, 5) is 2.67. The zero-order valence-electron chi connectivity index (χ0n) is 31.8. The molecule has 4 fully saturated rings. The zero-order valence-corrected chi connectivity index (χ0v) is 31.8. The lowest BCUT2D eigenvalue weighted by atomic mass is 9.27. The van der Waals surface area contributed by atoms with E-state index in [2.05, 4.69) is 150 Å². The summed E-state index contributed by atoms with van der Waals surface area (Å²) >= 11 is 0. The van der Waals surface area contributed by atoms with E-state index < -0.39 is 0 Å². The quantitative estimate of drug-likeness (QED) is 0.184. The van der Waals surface area contributed by atoms with Crippen molar-refractivity contribution in [2.75, 3.05) is 4.90 Å². The molecule has 52 heavy (non-hydrogen) atoms. The summed E-state index contributed by atoms with van der Waals surface area (Å²) in [5.41, 5.74) is 20.0. The Kier molecular flexibility index (Phi) is 5.45. The van der Waals surface area contributed by atoms with Crippen molar-refractivity contribution in [3.05, 3.63) is 137 Å². The first-order valence-corrected chi connectivity index (χ1v) is 20.4. The average molecular weight is 678 g/mol. The molecule has 0 N–H and O–H groups in total. The fourth-order valence-electron chi connectivity index (χ4n) is 14.5. The Morgan fingerprint density at radius 2 is 1.15 bits per heavy atom. The van der Waals surface area contributed by atoms with E-state index in [0.717, 1.165) is 23.7 Å². The van der Waals surface area contributed by atoms with Crippen LogP contribution in [0.25, 0.3) is 22.3 Å². The normalized spacial score (nSPS) is 31.8. The molecule has 2 bridgehead atoms. The standard InChI is InChI=1S/C51H51N/c1-47(2)22-23-48(3,4)42-28-33(19-21-39(42)47)52(43-17-11-16-40-46(43)36-13-8-9-14-37(36)49(40,5)6)32-18-20-35-34-12-7-10-15-38(34)51(41(35)27-32)44-25-30-24-31-26-45(51)50(31,44)29-30/h7-21,27-28,30-31,44-45H,22-26,29H2,1-6H3. The second kappa shape index (κ2) is 9.33. The summed E-state index contributed by atoms with van der Waals surface area (Å²) in [5, 5.41) is 0. The Hall–Kier alpha value is -4.10. The number of fused-ring (bicyclic) bond motifs is 12. The highest BCUT2D eigenvalue weighted by molar-refractivity contribution is 5.96. The molecule has 7 aliphatic rings. The second-order valence-corrected chi connectivity index (χ2v) is 20.0. The summed E-state index contributed by atoms with van der Waals surface area (Å²) in [6, 6.07) is 41.1. The summed E-state index contributed by atoms with van der Waals surface area (Å²) in [5.74, 6) is 3.54. The molecule has 6 unspecified atom stereocenters. The van der Waals surface area contributed by atoms with Gasteiger partial charge in [-0.1, -0.05) is 114 Å². The molecule has 5 aromatic carbocycles. The van der Waals surface area contributed by atoms with Crippen LogP contribution >= 0.6 is 0 Å². The van der Waals surface area contributed by atoms with Gasteiger partial charge in [-0.15, -0.1) is 0 Å². The van der Waals surface area contributed by atoms with Crippen LogP contribution in [0.1, 0.15) is 113 Å². The van der Waals surface area contributed by atoms with Crippen LogP contribution in [0.3, 0.4) is 0 Å². The fourth-order valence-corrected chi connectivity index (χ4v) is 14.5. The van der Waals surface area contributed by atoms with Crippen LogP contribution in [-0.4, -0.2) is 0 Å². The van der Waals surface area contributed by atoms with Crippen molar-refractivity contribution in [1.82, 2.24) is 0 Å². The molecule has 1 nitrogen and oxygen atoms in total. The third-order valence-electron chi connectivity index (χ3n) is 16.8. The Morgan fingerprint density at radius 3 is 1.94 bits per heavy atom. The predicted molar refractivity (Wildman–Crippen MR) is 215 cm³/mol. The zero-order chi connectivity index (χ0) is 35.2. The maximum absolute atomic E-state index is 2.70. The van der Waals surface area contributed by atoms with Gasteiger partial charge in [0.15, 0.2) is 0 Å². The van der Waals surface area contributed by atoms with Gasteiger partial charge in [0.05, 0.1) is 5.69 Å². The molecule has 0 saturated heterocycles. The first-order valence-electron chi connectivity index (χ1n) is 20.4. The van der Waals surface area contributed by atoms with E-state index >= 15 is 0 Å². The topological polar surface area (TPSA) is 3.24 Å². The summed E-state index contributed by atoms with van der Waals surface area (Å²) in [7, 11) is 0. The first-order chi connectivity index (χ1) is 25.0. The number of hydrogen-bond donors (Lipinski definition) is 0. The van der Waals surface area contributed by atoms with E-state index in [1.807, 2.05) is 0 Å². The fraction of sp³-hybridized carbons (Fsp3) is 0.412. The average Bonchev–Trinajstić information content (AvgIpc) is 3.83. The van der Waals surface area contributed by atoms with Crippen LogP contribution in [-0.2, 0) is 21.7 Å². The maximum Gasteiger partial charge on any atom is 0.0543 e. The molecular formula is C51H51N. The summed E-state index contributed by atoms with van der Waals surface area (Å²) in [6.07, 6.45) is 8.32. The van der Waals surface area contributed by atoms with E-state index in [9.17, 15) is 0 Å². The van der Waals surface area contributed by atoms with Crippen LogP contribution in [0.4, 0.5) is 17.1 Å². The van der Waals surface area contributed by atoms with E-state index in [1.54, 1.807) is 11.1 Å². The minimum Gasteiger partial charge on any atom is -0.310 e. The van der Waals surface area contributed by atoms with Gasteiger partial charge in [0, 0.05) is 27.8 Å². The molecule has 1 heteroatoms. The Balaban J connectivity index is 1.12. The van der Waals surface area contributed by atoms with Gasteiger partial charge in [-0.2, -0.15) is 0 Å². The van der Waals surface area contributed by atoms with E-state index in [0.29, 0.717) is 5.41 Å². The predicted octanol–water partition coefficient (Wildman–Crippen LogP) is 13.1. The molecule has 4 saturated carbocycles. The Labute approximate surface area is 310 Å². The highest BCUT2D eigenvalue weighted by Crippen LogP contribution is 2.89. The van der Waals surface area contributed by atoms with Gasteiger partial charge >= 0.3 is 0 Å². The van der Waals surface area contributed by atoms with Crippen LogP contribution in [0.2, 0.25) is 0 Å². The maximum atomic E-state index is 2.70. The number of nitrogens with zero attached hydrogens (tertiary/aromatic N) is 1. The van der Waals surface area contributed by atoms with Crippen LogP contribution < -0.4 is 4.90 Å². The van der Waals surface area contributed by atoms with Crippen LogP contribution in [0.15, 0.2) is 103 Å². The third-order valence-corrected chi connectivity index (χ3v) is 16.8. The lowest BCUT2D eigenvalue weighted by molar-refractivity contribution is -0.231. The van der Waals surface area contributed by atoms with Gasteiger partial charge in [0.25, 0.3) is 0 Å². The van der Waals surface area contributed by atoms with Gasteiger partial charge < -0.3 is 4.90 Å². The lowest BCUT2D eigenvalue weighted by Crippen LogP contribution is -2.73. The Bertz CT molecular complexity index is 2410. The van der Waals surface area contributed by atoms with Crippen molar-refractivity contribution in [2.24, 2.45) is 29.1 Å². The highest BCUT2D eigenvalue weighted by Gasteiger charge is 2.84. The van der Waals surface area contributed by atoms with Crippen molar-refractivity contribution in [3.8, 4) is 22.3 Å². The van der Waals surface area contributed by atoms with Crippen molar-refractivity contribution in [3.63, 3.8) is 0 Å². The largest absolute Gasteiger partial charge is 0.310 e. The van der Waals surface area contributed by atoms with E-state index in [-0.39, 0.29) is 21.7 Å². The lowest BCUT2D eigenvalue weighted by Gasteiger charge is -2.76. The first kappa shape index (κ1) is 30.4. The number of hydrogen-bond acceptors (Lipinski definition) is 1. The second-order valence-electron chi connectivity index (χ2n) is 20.0. The van der Waals surface area contributed by atoms with E-state index in [1.165, 1.54) is 100 Å². The van der Waals surface area contributed by atoms with Crippen molar-refractivity contribution in [1.29, 1.82) is 0 Å².